The van der Waals surface area contributed by atoms with Crippen molar-refractivity contribution in [2.24, 2.45) is 5.92 Å². The maximum atomic E-state index is 12.6. The van der Waals surface area contributed by atoms with Gasteiger partial charge >= 0.3 is 6.09 Å². The Morgan fingerprint density at radius 3 is 2.89 bits per heavy atom. The number of rotatable bonds is 6. The van der Waals surface area contributed by atoms with Crippen LogP contribution in [0.25, 0.3) is 0 Å². The number of carbonyl (C=O) groups excluding carboxylic acids is 3. The maximum Gasteiger partial charge on any atom is 0.414 e. The summed E-state index contributed by atoms with van der Waals surface area (Å²) in [6, 6.07) is 7.54. The number of ether oxygens (including phenoxy) is 1. The lowest BCUT2D eigenvalue weighted by molar-refractivity contribution is -0.135. The van der Waals surface area contributed by atoms with Crippen molar-refractivity contribution in [1.82, 2.24) is 10.2 Å². The third kappa shape index (κ3) is 4.78. The fraction of sp³-hybridized carbons (Fsp3) is 0.550. The van der Waals surface area contributed by atoms with Crippen molar-refractivity contribution in [2.75, 3.05) is 31.1 Å². The number of hydrogen-bond donors (Lipinski definition) is 1. The van der Waals surface area contributed by atoms with Gasteiger partial charge in [0.05, 0.1) is 12.5 Å². The van der Waals surface area contributed by atoms with Gasteiger partial charge in [0.2, 0.25) is 11.8 Å². The van der Waals surface area contributed by atoms with Gasteiger partial charge in [0, 0.05) is 31.7 Å². The molecule has 3 amide bonds. The molecule has 27 heavy (non-hydrogen) atoms. The Kier molecular flexibility index (Phi) is 6.32. The first-order valence-electron chi connectivity index (χ1n) is 9.67. The molecule has 2 aliphatic heterocycles. The van der Waals surface area contributed by atoms with Crippen molar-refractivity contribution < 1.29 is 19.1 Å². The number of nitrogens with one attached hydrogen (secondary N) is 1. The van der Waals surface area contributed by atoms with Crippen LogP contribution >= 0.6 is 0 Å². The number of likely N-dealkylation sites (tertiary alicyclic amines) is 1. The molecule has 2 saturated heterocycles. The predicted molar refractivity (Wildman–Crippen MR) is 101 cm³/mol. The van der Waals surface area contributed by atoms with Gasteiger partial charge in [-0.1, -0.05) is 19.1 Å². The maximum absolute atomic E-state index is 12.6. The first kappa shape index (κ1) is 19.2. The quantitative estimate of drug-likeness (QED) is 0.830. The summed E-state index contributed by atoms with van der Waals surface area (Å²) in [6.45, 7) is 4.57. The Morgan fingerprint density at radius 1 is 1.30 bits per heavy atom. The number of piperidine rings is 1. The van der Waals surface area contributed by atoms with Gasteiger partial charge in [-0.05, 0) is 37.0 Å². The Bertz CT molecular complexity index is 706. The molecule has 0 bridgehead atoms. The molecular formula is C20H27N3O4. The van der Waals surface area contributed by atoms with Crippen LogP contribution in [0, 0.1) is 5.92 Å². The number of anilines is 1. The van der Waals surface area contributed by atoms with Crippen molar-refractivity contribution in [1.29, 1.82) is 0 Å². The van der Waals surface area contributed by atoms with Gasteiger partial charge in [-0.2, -0.15) is 0 Å². The highest BCUT2D eigenvalue weighted by atomic mass is 16.6. The summed E-state index contributed by atoms with van der Waals surface area (Å²) in [6.07, 6.45) is 2.70. The Hall–Kier alpha value is -2.57. The largest absolute Gasteiger partial charge is 0.447 e. The lowest BCUT2D eigenvalue weighted by Crippen LogP contribution is -2.45. The van der Waals surface area contributed by atoms with E-state index in [9.17, 15) is 14.4 Å². The molecule has 2 fully saturated rings. The van der Waals surface area contributed by atoms with Crippen molar-refractivity contribution in [3.63, 3.8) is 0 Å². The summed E-state index contributed by atoms with van der Waals surface area (Å²) in [5.74, 6) is -0.0357. The number of hydrogen-bond acceptors (Lipinski definition) is 4. The van der Waals surface area contributed by atoms with Crippen LogP contribution in [0.4, 0.5) is 10.5 Å². The van der Waals surface area contributed by atoms with E-state index >= 15 is 0 Å². The molecule has 0 aromatic heterocycles. The molecule has 0 aliphatic carbocycles. The second-order valence-electron chi connectivity index (χ2n) is 7.08. The van der Waals surface area contributed by atoms with Crippen LogP contribution in [0.5, 0.6) is 0 Å². The minimum absolute atomic E-state index is 0.0185. The number of nitrogens with zero attached hydrogens (tertiary/aromatic N) is 2. The van der Waals surface area contributed by atoms with Gasteiger partial charge in [0.15, 0.2) is 0 Å². The first-order chi connectivity index (χ1) is 13.1. The second kappa shape index (κ2) is 8.88. The second-order valence-corrected chi connectivity index (χ2v) is 7.08. The summed E-state index contributed by atoms with van der Waals surface area (Å²) < 4.78 is 4.97. The molecule has 1 N–H and O–H groups in total. The Labute approximate surface area is 159 Å². The third-order valence-electron chi connectivity index (χ3n) is 5.06. The summed E-state index contributed by atoms with van der Waals surface area (Å²) in [4.78, 5) is 39.7. The summed E-state index contributed by atoms with van der Waals surface area (Å²) in [7, 11) is 0. The average molecular weight is 373 g/mol. The molecule has 0 radical (unpaired) electrons. The third-order valence-corrected chi connectivity index (χ3v) is 5.06. The molecule has 1 unspecified atom stereocenters. The fourth-order valence-electron chi connectivity index (χ4n) is 3.59. The minimum atomic E-state index is -0.338. The topological polar surface area (TPSA) is 79.0 Å². The van der Waals surface area contributed by atoms with Crippen molar-refractivity contribution in [2.45, 2.75) is 39.2 Å². The van der Waals surface area contributed by atoms with Crippen LogP contribution < -0.4 is 10.2 Å². The van der Waals surface area contributed by atoms with Gasteiger partial charge < -0.3 is 15.0 Å². The number of amides is 3. The zero-order valence-corrected chi connectivity index (χ0v) is 15.8. The van der Waals surface area contributed by atoms with Gasteiger partial charge in [-0.3, -0.25) is 14.5 Å². The zero-order valence-electron chi connectivity index (χ0n) is 15.8. The lowest BCUT2D eigenvalue weighted by atomic mass is 9.96. The normalized spacial score (nSPS) is 19.7. The van der Waals surface area contributed by atoms with Crippen LogP contribution in [-0.4, -0.2) is 49.0 Å². The SMILES string of the molecule is CCCC(=O)N1CCCC(C(=O)NCc2cccc(N3CCOC3=O)c2)C1. The first-order valence-corrected chi connectivity index (χ1v) is 9.67. The Balaban J connectivity index is 1.54. The molecule has 2 heterocycles. The molecule has 0 spiro atoms. The molecule has 3 rings (SSSR count). The highest BCUT2D eigenvalue weighted by molar-refractivity contribution is 5.89. The van der Waals surface area contributed by atoms with E-state index in [0.29, 0.717) is 32.7 Å². The van der Waals surface area contributed by atoms with E-state index < -0.39 is 0 Å². The van der Waals surface area contributed by atoms with Gasteiger partial charge in [-0.25, -0.2) is 4.79 Å². The average Bonchev–Trinajstić information content (AvgIpc) is 3.12. The number of cyclic esters (lactones) is 1. The van der Waals surface area contributed by atoms with Crippen molar-refractivity contribution in [3.8, 4) is 0 Å². The molecule has 7 heteroatoms. The van der Waals surface area contributed by atoms with Crippen LogP contribution in [0.15, 0.2) is 24.3 Å². The van der Waals surface area contributed by atoms with E-state index in [-0.39, 0.29) is 23.8 Å². The van der Waals surface area contributed by atoms with Crippen LogP contribution in [0.3, 0.4) is 0 Å². The number of benzene rings is 1. The smallest absolute Gasteiger partial charge is 0.414 e. The predicted octanol–water partition coefficient (Wildman–Crippen LogP) is 2.30. The van der Waals surface area contributed by atoms with E-state index in [1.807, 2.05) is 36.1 Å². The standard InChI is InChI=1S/C20H27N3O4/c1-2-5-18(24)22-9-4-7-16(14-22)19(25)21-13-15-6-3-8-17(12-15)23-10-11-27-20(23)26/h3,6,8,12,16H,2,4-5,7,9-11,13-14H2,1H3,(H,21,25). The monoisotopic (exact) mass is 373 g/mol. The van der Waals surface area contributed by atoms with Gasteiger partial charge in [0.25, 0.3) is 0 Å². The van der Waals surface area contributed by atoms with Gasteiger partial charge in [-0.15, -0.1) is 0 Å². The highest BCUT2D eigenvalue weighted by Gasteiger charge is 2.28. The Morgan fingerprint density at radius 2 is 2.15 bits per heavy atom. The zero-order chi connectivity index (χ0) is 19.2. The molecule has 1 atom stereocenters. The molecule has 146 valence electrons. The molecule has 1 aromatic carbocycles. The molecular weight excluding hydrogens is 346 g/mol. The van der Waals surface area contributed by atoms with Crippen LogP contribution in [0.2, 0.25) is 0 Å². The van der Waals surface area contributed by atoms with Crippen molar-refractivity contribution in [3.05, 3.63) is 29.8 Å². The van der Waals surface area contributed by atoms with Crippen LogP contribution in [-0.2, 0) is 20.9 Å². The van der Waals surface area contributed by atoms with Gasteiger partial charge in [0.1, 0.15) is 6.61 Å². The van der Waals surface area contributed by atoms with Crippen molar-refractivity contribution >= 4 is 23.6 Å². The molecule has 2 aliphatic rings. The summed E-state index contributed by atoms with van der Waals surface area (Å²) in [5.41, 5.74) is 1.70. The van der Waals surface area contributed by atoms with E-state index in [4.69, 9.17) is 4.74 Å². The van der Waals surface area contributed by atoms with Crippen LogP contribution in [0.1, 0.15) is 38.2 Å². The molecule has 7 nitrogen and oxygen atoms in total. The van der Waals surface area contributed by atoms with E-state index in [1.165, 1.54) is 0 Å². The molecule has 1 aromatic rings. The number of carbonyl (C=O) groups is 3. The van der Waals surface area contributed by atoms with E-state index in [0.717, 1.165) is 37.1 Å². The molecule has 0 saturated carbocycles. The minimum Gasteiger partial charge on any atom is -0.447 e. The van der Waals surface area contributed by atoms with E-state index in [2.05, 4.69) is 5.32 Å². The summed E-state index contributed by atoms with van der Waals surface area (Å²) in [5, 5.41) is 2.98. The lowest BCUT2D eigenvalue weighted by Gasteiger charge is -2.32. The summed E-state index contributed by atoms with van der Waals surface area (Å²) >= 11 is 0. The fourth-order valence-corrected chi connectivity index (χ4v) is 3.59. The highest BCUT2D eigenvalue weighted by Crippen LogP contribution is 2.21. The van der Waals surface area contributed by atoms with E-state index in [1.54, 1.807) is 4.90 Å².